The molecule has 2 aliphatic rings. The van der Waals surface area contributed by atoms with Gasteiger partial charge in [-0.3, -0.25) is 14.5 Å². The lowest BCUT2D eigenvalue weighted by Crippen LogP contribution is -2.43. The van der Waals surface area contributed by atoms with Gasteiger partial charge >= 0.3 is 0 Å². The van der Waals surface area contributed by atoms with Crippen molar-refractivity contribution in [1.29, 1.82) is 0 Å². The highest BCUT2D eigenvalue weighted by molar-refractivity contribution is 7.92. The molecule has 0 unspecified atom stereocenters. The van der Waals surface area contributed by atoms with Crippen molar-refractivity contribution in [2.24, 2.45) is 0 Å². The first kappa shape index (κ1) is 28.5. The van der Waals surface area contributed by atoms with E-state index in [2.05, 4.69) is 24.5 Å². The molecule has 3 aromatic heterocycles. The molecular weight excluding hydrogens is 566 g/mol. The molecule has 0 radical (unpaired) electrons. The molecule has 0 atom stereocenters. The first-order valence-corrected chi connectivity index (χ1v) is 15.5. The smallest absolute Gasteiger partial charge is 0.269 e. The van der Waals surface area contributed by atoms with Crippen molar-refractivity contribution >= 4 is 44.0 Å². The Labute approximate surface area is 250 Å². The maximum atomic E-state index is 13.3. The van der Waals surface area contributed by atoms with Crippen LogP contribution >= 0.6 is 0 Å². The lowest BCUT2D eigenvalue weighted by Gasteiger charge is -2.37. The number of fused-ring (bicyclic) bond motifs is 4. The molecule has 1 amide bonds. The third-order valence-electron chi connectivity index (χ3n) is 8.17. The van der Waals surface area contributed by atoms with Gasteiger partial charge in [0, 0.05) is 36.3 Å². The van der Waals surface area contributed by atoms with Crippen molar-refractivity contribution in [2.75, 3.05) is 43.9 Å². The molecule has 0 bridgehead atoms. The highest BCUT2D eigenvalue weighted by Gasteiger charge is 2.54. The standard InChI is InChI=1S/C31H31N7O4S/c1-32-27-10-8-22(18-34-27)43(40,41)36-25-16-21(17-35-29(25)42-14-6-13-37(2)3)20-7-9-24-23(15-20)28-26(19-33-24)38(4)30(39)31(28)11-5-12-31/h7-10,15-19,36H,5-6,11-14H2,2-4H3. The Morgan fingerprint density at radius 2 is 1.88 bits per heavy atom. The van der Waals surface area contributed by atoms with Gasteiger partial charge < -0.3 is 19.4 Å². The summed E-state index contributed by atoms with van der Waals surface area (Å²) in [6.07, 6.45) is 7.93. The number of hydrogen-bond acceptors (Lipinski definition) is 8. The molecule has 1 saturated carbocycles. The number of pyridine rings is 3. The fourth-order valence-corrected chi connectivity index (χ4v) is 6.79. The second kappa shape index (κ2) is 10.9. The molecule has 11 nitrogen and oxygen atoms in total. The Balaban J connectivity index is 1.40. The normalized spacial score (nSPS) is 15.4. The molecule has 1 aromatic carbocycles. The number of rotatable bonds is 9. The summed E-state index contributed by atoms with van der Waals surface area (Å²) in [5.74, 6) is 0.365. The number of amides is 1. The molecular formula is C31H31N7O4S. The molecule has 12 heteroatoms. The Bertz CT molecular complexity index is 1880. The molecule has 4 heterocycles. The average molecular weight is 598 g/mol. The molecule has 43 heavy (non-hydrogen) atoms. The number of nitrogens with one attached hydrogen (secondary N) is 1. The van der Waals surface area contributed by atoms with Crippen LogP contribution in [0.3, 0.4) is 0 Å². The third-order valence-corrected chi connectivity index (χ3v) is 9.52. The number of aromatic nitrogens is 3. The summed E-state index contributed by atoms with van der Waals surface area (Å²) in [7, 11) is 1.67. The van der Waals surface area contributed by atoms with Crippen molar-refractivity contribution in [3.63, 3.8) is 0 Å². The molecule has 0 saturated heterocycles. The van der Waals surface area contributed by atoms with Gasteiger partial charge in [-0.15, -0.1) is 4.98 Å². The number of hydrogen-bond donors (Lipinski definition) is 1. The highest BCUT2D eigenvalue weighted by atomic mass is 32.2. The molecule has 1 aliphatic heterocycles. The first-order chi connectivity index (χ1) is 20.6. The molecule has 1 fully saturated rings. The van der Waals surface area contributed by atoms with E-state index in [1.165, 1.54) is 12.1 Å². The van der Waals surface area contributed by atoms with Gasteiger partial charge in [0.25, 0.3) is 15.8 Å². The van der Waals surface area contributed by atoms with Gasteiger partial charge in [0.05, 0.1) is 29.4 Å². The summed E-state index contributed by atoms with van der Waals surface area (Å²) < 4.78 is 35.2. The van der Waals surface area contributed by atoms with Crippen LogP contribution < -0.4 is 14.4 Å². The van der Waals surface area contributed by atoms with E-state index in [1.54, 1.807) is 30.4 Å². The van der Waals surface area contributed by atoms with Crippen molar-refractivity contribution in [3.05, 3.63) is 72.0 Å². The van der Waals surface area contributed by atoms with Crippen LogP contribution in [0.15, 0.2) is 59.9 Å². The van der Waals surface area contributed by atoms with Gasteiger partial charge in [-0.05, 0) is 69.3 Å². The van der Waals surface area contributed by atoms with Gasteiger partial charge in [-0.25, -0.2) is 13.4 Å². The predicted molar refractivity (Wildman–Crippen MR) is 164 cm³/mol. The van der Waals surface area contributed by atoms with E-state index in [0.717, 1.165) is 66.1 Å². The fraction of sp³-hybridized carbons (Fsp3) is 0.323. The largest absolute Gasteiger partial charge is 0.476 e. The number of nitrogens with zero attached hydrogens (tertiary/aromatic N) is 6. The van der Waals surface area contributed by atoms with Crippen molar-refractivity contribution < 1.29 is 17.9 Å². The monoisotopic (exact) mass is 597 g/mol. The van der Waals surface area contributed by atoms with E-state index in [0.29, 0.717) is 12.2 Å². The average Bonchev–Trinajstić information content (AvgIpc) is 3.22. The van der Waals surface area contributed by atoms with Gasteiger partial charge in [0.2, 0.25) is 11.8 Å². The van der Waals surface area contributed by atoms with Crippen LogP contribution in [0.5, 0.6) is 5.88 Å². The summed E-state index contributed by atoms with van der Waals surface area (Å²) >= 11 is 0. The minimum absolute atomic E-state index is 0.0872. The number of anilines is 2. The summed E-state index contributed by atoms with van der Waals surface area (Å²) in [4.78, 5) is 33.2. The summed E-state index contributed by atoms with van der Waals surface area (Å²) in [6, 6.07) is 10.2. The number of ether oxygens (including phenoxy) is 1. The second-order valence-corrected chi connectivity index (χ2v) is 12.9. The van der Waals surface area contributed by atoms with Crippen molar-refractivity contribution in [2.45, 2.75) is 36.0 Å². The minimum atomic E-state index is -4.07. The predicted octanol–water partition coefficient (Wildman–Crippen LogP) is 4.77. The Morgan fingerprint density at radius 1 is 1.07 bits per heavy atom. The number of carbonyl (C=O) groups excluding carboxylic acids is 1. The van der Waals surface area contributed by atoms with Gasteiger partial charge in [-0.1, -0.05) is 19.1 Å². The van der Waals surface area contributed by atoms with Crippen LogP contribution in [0.25, 0.3) is 26.9 Å². The Kier molecular flexibility index (Phi) is 7.23. The second-order valence-electron chi connectivity index (χ2n) is 11.2. The van der Waals surface area contributed by atoms with Crippen molar-refractivity contribution in [3.8, 4) is 17.0 Å². The lowest BCUT2D eigenvalue weighted by molar-refractivity contribution is -0.125. The lowest BCUT2D eigenvalue weighted by atomic mass is 9.64. The number of benzene rings is 1. The zero-order valence-corrected chi connectivity index (χ0v) is 25.0. The first-order valence-electron chi connectivity index (χ1n) is 14.0. The third kappa shape index (κ3) is 5.04. The van der Waals surface area contributed by atoms with E-state index in [9.17, 15) is 13.2 Å². The number of carbonyl (C=O) groups is 1. The van der Waals surface area contributed by atoms with Gasteiger partial charge in [-0.2, -0.15) is 0 Å². The zero-order chi connectivity index (χ0) is 30.4. The SMILES string of the molecule is [C-]#[N+]c1ccc(S(=O)(=O)Nc2cc(-c3ccc4ncc5c(c4c3)C3(CCC3)C(=O)N5C)cnc2OCCCN(C)C)cn1. The van der Waals surface area contributed by atoms with E-state index in [4.69, 9.17) is 11.3 Å². The van der Waals surface area contributed by atoms with E-state index in [1.807, 2.05) is 37.2 Å². The van der Waals surface area contributed by atoms with Gasteiger partial charge in [0.1, 0.15) is 16.8 Å². The van der Waals surface area contributed by atoms with E-state index < -0.39 is 15.4 Å². The fourth-order valence-electron chi connectivity index (χ4n) is 5.80. The summed E-state index contributed by atoms with van der Waals surface area (Å²) in [5.41, 5.74) is 3.78. The minimum Gasteiger partial charge on any atom is -0.476 e. The zero-order valence-electron chi connectivity index (χ0n) is 24.2. The van der Waals surface area contributed by atoms with Crippen LogP contribution in [0.2, 0.25) is 0 Å². The molecule has 1 N–H and O–H groups in total. The molecule has 4 aromatic rings. The maximum Gasteiger partial charge on any atom is 0.269 e. The van der Waals surface area contributed by atoms with Gasteiger partial charge in [0.15, 0.2) is 0 Å². The van der Waals surface area contributed by atoms with Crippen LogP contribution in [-0.2, 0) is 20.2 Å². The topological polar surface area (TPSA) is 122 Å². The molecule has 6 rings (SSSR count). The number of sulfonamides is 1. The highest BCUT2D eigenvalue weighted by Crippen LogP contribution is 2.55. The number of likely N-dealkylation sites (N-methyl/N-ethyl adjacent to an activating group) is 1. The quantitative estimate of drug-likeness (QED) is 0.216. The summed E-state index contributed by atoms with van der Waals surface area (Å²) in [5, 5.41) is 0.907. The molecule has 1 aliphatic carbocycles. The van der Waals surface area contributed by atoms with E-state index >= 15 is 0 Å². The van der Waals surface area contributed by atoms with Crippen LogP contribution in [-0.4, -0.2) is 68.5 Å². The van der Waals surface area contributed by atoms with Crippen LogP contribution in [0, 0.1) is 6.57 Å². The maximum absolute atomic E-state index is 13.3. The summed E-state index contributed by atoms with van der Waals surface area (Å²) in [6.45, 7) is 8.23. The van der Waals surface area contributed by atoms with Crippen molar-refractivity contribution in [1.82, 2.24) is 19.9 Å². The molecule has 1 spiro atoms. The van der Waals surface area contributed by atoms with Crippen LogP contribution in [0.1, 0.15) is 31.2 Å². The Hall–Kier alpha value is -4.60. The van der Waals surface area contributed by atoms with Crippen LogP contribution in [0.4, 0.5) is 17.2 Å². The van der Waals surface area contributed by atoms with E-state index in [-0.39, 0.29) is 28.2 Å². The Morgan fingerprint density at radius 3 is 2.56 bits per heavy atom. The molecule has 220 valence electrons.